The summed E-state index contributed by atoms with van der Waals surface area (Å²) in [5.41, 5.74) is 10.3. The molecule has 6 nitrogen and oxygen atoms in total. The maximum atomic E-state index is 12.5. The van der Waals surface area contributed by atoms with Gasteiger partial charge in [0.2, 0.25) is 0 Å². The minimum atomic E-state index is -0.291. The molecule has 1 heterocycles. The van der Waals surface area contributed by atoms with E-state index >= 15 is 0 Å². The second-order valence-electron chi connectivity index (χ2n) is 9.65. The number of carbonyl (C=O) groups excluding carboxylic acids is 1. The first-order valence-corrected chi connectivity index (χ1v) is 14.8. The molecule has 0 saturated carbocycles. The molecule has 0 bridgehead atoms. The van der Waals surface area contributed by atoms with Crippen molar-refractivity contribution in [3.63, 3.8) is 0 Å². The molecule has 208 valence electrons. The van der Waals surface area contributed by atoms with Gasteiger partial charge in [0.25, 0.3) is 0 Å². The van der Waals surface area contributed by atoms with Crippen LogP contribution in [0.2, 0.25) is 10.0 Å². The molecule has 0 aromatic heterocycles. The Morgan fingerprint density at radius 3 is 2.44 bits per heavy atom. The minimum absolute atomic E-state index is 0.140. The number of esters is 1. The Morgan fingerprint density at radius 2 is 1.67 bits per heavy atom. The summed E-state index contributed by atoms with van der Waals surface area (Å²) in [7, 11) is 0. The van der Waals surface area contributed by atoms with Gasteiger partial charge in [-0.3, -0.25) is 9.69 Å². The Kier molecular flexibility index (Phi) is 11.2. The number of anilines is 3. The minimum Gasteiger partial charge on any atom is -0.494 e. The van der Waals surface area contributed by atoms with Gasteiger partial charge in [-0.1, -0.05) is 53.9 Å². The predicted molar refractivity (Wildman–Crippen MR) is 163 cm³/mol. The van der Waals surface area contributed by atoms with Gasteiger partial charge in [0.15, 0.2) is 0 Å². The third-order valence-corrected chi connectivity index (χ3v) is 7.96. The van der Waals surface area contributed by atoms with Gasteiger partial charge in [-0.2, -0.15) is 0 Å². The predicted octanol–water partition coefficient (Wildman–Crippen LogP) is 8.01. The van der Waals surface area contributed by atoms with E-state index in [-0.39, 0.29) is 12.4 Å². The summed E-state index contributed by atoms with van der Waals surface area (Å²) in [5, 5.41) is 4.26. The smallest absolute Gasteiger partial charge is 0.310 e. The SMILES string of the molecule is Nc1c(Br)cc(OCCCCOC(=O)Cc2ccccc2Nc2c(Cl)cccc2Cl)cc1CN1CCCCC1. The molecule has 39 heavy (non-hydrogen) atoms. The average molecular weight is 635 g/mol. The highest BCUT2D eigenvalue weighted by Gasteiger charge is 2.15. The summed E-state index contributed by atoms with van der Waals surface area (Å²) in [6, 6.07) is 16.8. The third kappa shape index (κ3) is 8.77. The van der Waals surface area contributed by atoms with Crippen LogP contribution >= 0.6 is 39.1 Å². The molecule has 1 fully saturated rings. The third-order valence-electron chi connectivity index (χ3n) is 6.68. The summed E-state index contributed by atoms with van der Waals surface area (Å²) in [4.78, 5) is 15.0. The van der Waals surface area contributed by atoms with Gasteiger partial charge < -0.3 is 20.5 Å². The van der Waals surface area contributed by atoms with Crippen molar-refractivity contribution < 1.29 is 14.3 Å². The molecule has 3 N–H and O–H groups in total. The van der Waals surface area contributed by atoms with Crippen LogP contribution in [0.25, 0.3) is 0 Å². The van der Waals surface area contributed by atoms with Crippen LogP contribution in [-0.2, 0) is 22.5 Å². The first kappa shape index (κ1) is 29.5. The van der Waals surface area contributed by atoms with Crippen LogP contribution in [0.5, 0.6) is 5.75 Å². The molecular formula is C30H34BrCl2N3O3. The van der Waals surface area contributed by atoms with Crippen LogP contribution in [0.15, 0.2) is 59.1 Å². The molecule has 1 saturated heterocycles. The molecule has 1 aliphatic heterocycles. The monoisotopic (exact) mass is 633 g/mol. The van der Waals surface area contributed by atoms with Crippen molar-refractivity contribution >= 4 is 62.2 Å². The fourth-order valence-electron chi connectivity index (χ4n) is 4.55. The number of benzene rings is 3. The van der Waals surface area contributed by atoms with Crippen LogP contribution in [0.3, 0.4) is 0 Å². The Morgan fingerprint density at radius 1 is 0.949 bits per heavy atom. The number of nitrogen functional groups attached to an aromatic ring is 1. The first-order chi connectivity index (χ1) is 18.9. The Bertz CT molecular complexity index is 1250. The summed E-state index contributed by atoms with van der Waals surface area (Å²) in [6.07, 6.45) is 5.39. The number of likely N-dealkylation sites (tertiary alicyclic amines) is 1. The lowest BCUT2D eigenvalue weighted by molar-refractivity contribution is -0.142. The molecule has 0 spiro atoms. The van der Waals surface area contributed by atoms with Gasteiger partial charge in [-0.05, 0) is 96.2 Å². The Labute approximate surface area is 248 Å². The average Bonchev–Trinajstić information content (AvgIpc) is 2.92. The van der Waals surface area contributed by atoms with E-state index in [1.54, 1.807) is 18.2 Å². The van der Waals surface area contributed by atoms with E-state index in [1.807, 2.05) is 36.4 Å². The number of hydrogen-bond acceptors (Lipinski definition) is 6. The van der Waals surface area contributed by atoms with Gasteiger partial charge in [-0.15, -0.1) is 0 Å². The molecule has 0 amide bonds. The number of ether oxygens (including phenoxy) is 2. The second kappa shape index (κ2) is 14.8. The lowest BCUT2D eigenvalue weighted by Crippen LogP contribution is -2.29. The number of nitrogens with one attached hydrogen (secondary N) is 1. The molecule has 9 heteroatoms. The van der Waals surface area contributed by atoms with Gasteiger partial charge in [0.05, 0.1) is 41.1 Å². The Balaban J connectivity index is 1.20. The molecule has 4 rings (SSSR count). The Hall–Kier alpha value is -2.45. The molecule has 3 aromatic carbocycles. The lowest BCUT2D eigenvalue weighted by Gasteiger charge is -2.27. The van der Waals surface area contributed by atoms with Crippen molar-refractivity contribution in [2.45, 2.75) is 45.1 Å². The zero-order valence-corrected chi connectivity index (χ0v) is 25.0. The number of para-hydroxylation sites is 2. The van der Waals surface area contributed by atoms with E-state index in [9.17, 15) is 4.79 Å². The van der Waals surface area contributed by atoms with Crippen molar-refractivity contribution in [3.8, 4) is 5.75 Å². The number of halogens is 3. The highest BCUT2D eigenvalue weighted by molar-refractivity contribution is 9.10. The summed E-state index contributed by atoms with van der Waals surface area (Å²) >= 11 is 16.2. The van der Waals surface area contributed by atoms with Crippen molar-refractivity contribution in [1.29, 1.82) is 0 Å². The zero-order chi connectivity index (χ0) is 27.6. The van der Waals surface area contributed by atoms with E-state index in [4.69, 9.17) is 38.4 Å². The molecule has 1 aliphatic rings. The quantitative estimate of drug-likeness (QED) is 0.119. The number of nitrogens with two attached hydrogens (primary N) is 1. The first-order valence-electron chi connectivity index (χ1n) is 13.3. The molecular weight excluding hydrogens is 601 g/mol. The fraction of sp³-hybridized carbons (Fsp3) is 0.367. The highest BCUT2D eigenvalue weighted by atomic mass is 79.9. The number of unbranched alkanes of at least 4 members (excludes halogenated alkanes) is 1. The van der Waals surface area contributed by atoms with Crippen LogP contribution in [0.1, 0.15) is 43.2 Å². The van der Waals surface area contributed by atoms with Crippen LogP contribution in [0.4, 0.5) is 17.1 Å². The second-order valence-corrected chi connectivity index (χ2v) is 11.3. The fourth-order valence-corrected chi connectivity index (χ4v) is 5.53. The molecule has 0 unspecified atom stereocenters. The zero-order valence-electron chi connectivity index (χ0n) is 21.9. The maximum absolute atomic E-state index is 12.5. The van der Waals surface area contributed by atoms with Crippen molar-refractivity contribution in [2.75, 3.05) is 37.4 Å². The summed E-state index contributed by atoms with van der Waals surface area (Å²) in [6.45, 7) is 3.92. The summed E-state index contributed by atoms with van der Waals surface area (Å²) in [5.74, 6) is 0.503. The van der Waals surface area contributed by atoms with E-state index in [0.29, 0.717) is 35.4 Å². The number of rotatable bonds is 12. The van der Waals surface area contributed by atoms with E-state index in [0.717, 1.165) is 58.8 Å². The number of hydrogen-bond donors (Lipinski definition) is 2. The highest BCUT2D eigenvalue weighted by Crippen LogP contribution is 2.34. The van der Waals surface area contributed by atoms with E-state index < -0.39 is 0 Å². The largest absolute Gasteiger partial charge is 0.494 e. The van der Waals surface area contributed by atoms with E-state index in [1.165, 1.54) is 19.3 Å². The normalized spacial score (nSPS) is 13.7. The maximum Gasteiger partial charge on any atom is 0.310 e. The van der Waals surface area contributed by atoms with Crippen molar-refractivity contribution in [1.82, 2.24) is 4.90 Å². The van der Waals surface area contributed by atoms with Gasteiger partial charge >= 0.3 is 5.97 Å². The standard InChI is InChI=1S/C30H34BrCl2N3O3/c31-24-19-23(17-22(29(24)34)20-36-13-4-1-5-14-36)38-15-6-7-16-39-28(37)18-21-9-2-3-12-27(21)35-30-25(32)10-8-11-26(30)33/h2-3,8-12,17,19,35H,1,4-7,13-16,18,20,34H2. The number of piperidine rings is 1. The topological polar surface area (TPSA) is 76.8 Å². The number of nitrogens with zero attached hydrogens (tertiary/aromatic N) is 1. The molecule has 0 aliphatic carbocycles. The van der Waals surface area contributed by atoms with Gasteiger partial charge in [0.1, 0.15) is 5.75 Å². The van der Waals surface area contributed by atoms with Gasteiger partial charge in [-0.25, -0.2) is 0 Å². The van der Waals surface area contributed by atoms with Crippen LogP contribution in [-0.4, -0.2) is 37.2 Å². The van der Waals surface area contributed by atoms with Crippen molar-refractivity contribution in [3.05, 3.63) is 80.2 Å². The van der Waals surface area contributed by atoms with E-state index in [2.05, 4.69) is 26.1 Å². The molecule has 3 aromatic rings. The molecule has 0 atom stereocenters. The number of carbonyl (C=O) groups is 1. The molecule has 0 radical (unpaired) electrons. The lowest BCUT2D eigenvalue weighted by atomic mass is 10.1. The van der Waals surface area contributed by atoms with Crippen LogP contribution in [0, 0.1) is 0 Å². The van der Waals surface area contributed by atoms with Crippen LogP contribution < -0.4 is 15.8 Å². The van der Waals surface area contributed by atoms with Gasteiger partial charge in [0, 0.05) is 16.7 Å². The summed E-state index contributed by atoms with van der Waals surface area (Å²) < 4.78 is 12.3. The van der Waals surface area contributed by atoms with Crippen molar-refractivity contribution in [2.24, 2.45) is 0 Å².